The summed E-state index contributed by atoms with van der Waals surface area (Å²) in [4.78, 5) is 13.6. The molecule has 1 unspecified atom stereocenters. The van der Waals surface area contributed by atoms with E-state index in [1.54, 1.807) is 0 Å². The molecule has 16 heavy (non-hydrogen) atoms. The number of hydrogen-bond acceptors (Lipinski definition) is 2. The van der Waals surface area contributed by atoms with Crippen LogP contribution < -0.4 is 0 Å². The van der Waals surface area contributed by atoms with Crippen molar-refractivity contribution in [1.82, 2.24) is 14.7 Å². The summed E-state index contributed by atoms with van der Waals surface area (Å²) in [5.74, 6) is 0.721. The molecule has 1 saturated heterocycles. The largest absolute Gasteiger partial charge is 0.336 e. The van der Waals surface area contributed by atoms with Gasteiger partial charge in [0.2, 0.25) is 5.91 Å². The molecule has 2 rings (SSSR count). The zero-order valence-corrected chi connectivity index (χ0v) is 11.4. The Hall–Kier alpha value is -0.840. The Morgan fingerprint density at radius 1 is 1.56 bits per heavy atom. The summed E-state index contributed by atoms with van der Waals surface area (Å²) in [6.45, 7) is 5.58. The summed E-state index contributed by atoms with van der Waals surface area (Å²) in [6, 6.07) is 0. The van der Waals surface area contributed by atoms with Crippen molar-refractivity contribution in [3.8, 4) is 0 Å². The average Bonchev–Trinajstić information content (AvgIpc) is 2.62. The highest BCUT2D eigenvalue weighted by molar-refractivity contribution is 9.10. The van der Waals surface area contributed by atoms with Crippen LogP contribution >= 0.6 is 15.9 Å². The predicted octanol–water partition coefficient (Wildman–Crippen LogP) is 1.86. The lowest BCUT2D eigenvalue weighted by molar-refractivity contribution is -0.128. The zero-order chi connectivity index (χ0) is 11.9. The molecule has 4 nitrogen and oxygen atoms in total. The molecule has 0 N–H and O–H groups in total. The minimum absolute atomic E-state index is 0.248. The molecule has 0 spiro atoms. The maximum absolute atomic E-state index is 11.7. The minimum atomic E-state index is 0.248. The number of nitrogens with zero attached hydrogens (tertiary/aromatic N) is 3. The monoisotopic (exact) mass is 285 g/mol. The van der Waals surface area contributed by atoms with Gasteiger partial charge in [-0.1, -0.05) is 6.92 Å². The van der Waals surface area contributed by atoms with Gasteiger partial charge in [-0.3, -0.25) is 9.48 Å². The van der Waals surface area contributed by atoms with Gasteiger partial charge in [-0.25, -0.2) is 0 Å². The van der Waals surface area contributed by atoms with Gasteiger partial charge in [0.25, 0.3) is 0 Å². The van der Waals surface area contributed by atoms with Crippen molar-refractivity contribution in [3.05, 3.63) is 15.9 Å². The van der Waals surface area contributed by atoms with Crippen molar-refractivity contribution in [2.24, 2.45) is 13.0 Å². The van der Waals surface area contributed by atoms with Crippen LogP contribution in [0.25, 0.3) is 0 Å². The Kier molecular flexibility index (Phi) is 3.06. The number of aryl methyl sites for hydroxylation is 2. The van der Waals surface area contributed by atoms with Crippen LogP contribution in [0.5, 0.6) is 0 Å². The number of likely N-dealkylation sites (tertiary alicyclic amines) is 1. The Labute approximate surface area is 104 Å². The van der Waals surface area contributed by atoms with Gasteiger partial charge in [0.1, 0.15) is 0 Å². The zero-order valence-electron chi connectivity index (χ0n) is 9.83. The number of halogens is 1. The van der Waals surface area contributed by atoms with Gasteiger partial charge in [-0.05, 0) is 28.8 Å². The van der Waals surface area contributed by atoms with Gasteiger partial charge in [0, 0.05) is 20.0 Å². The van der Waals surface area contributed by atoms with E-state index in [1.165, 1.54) is 0 Å². The number of aromatic nitrogens is 2. The summed E-state index contributed by atoms with van der Waals surface area (Å²) in [7, 11) is 1.91. The van der Waals surface area contributed by atoms with Crippen LogP contribution in [-0.4, -0.2) is 27.1 Å². The molecule has 5 heteroatoms. The maximum atomic E-state index is 11.7. The van der Waals surface area contributed by atoms with Gasteiger partial charge in [-0.15, -0.1) is 0 Å². The summed E-state index contributed by atoms with van der Waals surface area (Å²) >= 11 is 3.52. The van der Waals surface area contributed by atoms with Crippen molar-refractivity contribution in [2.75, 3.05) is 6.54 Å². The third kappa shape index (κ3) is 2.00. The van der Waals surface area contributed by atoms with Crippen LogP contribution in [0.4, 0.5) is 0 Å². The van der Waals surface area contributed by atoms with Crippen molar-refractivity contribution < 1.29 is 4.79 Å². The molecule has 0 saturated carbocycles. The average molecular weight is 286 g/mol. The molecule has 1 atom stereocenters. The van der Waals surface area contributed by atoms with Gasteiger partial charge < -0.3 is 4.90 Å². The van der Waals surface area contributed by atoms with Gasteiger partial charge in [0.05, 0.1) is 22.4 Å². The first-order chi connectivity index (χ1) is 7.49. The van der Waals surface area contributed by atoms with Crippen molar-refractivity contribution in [2.45, 2.75) is 26.8 Å². The Bertz CT molecular complexity index is 427. The Morgan fingerprint density at radius 2 is 2.25 bits per heavy atom. The van der Waals surface area contributed by atoms with Crippen molar-refractivity contribution >= 4 is 21.8 Å². The highest BCUT2D eigenvalue weighted by atomic mass is 79.9. The molecule has 0 aliphatic carbocycles. The van der Waals surface area contributed by atoms with Crippen LogP contribution in [0.15, 0.2) is 4.47 Å². The van der Waals surface area contributed by atoms with Crippen LogP contribution in [0.2, 0.25) is 0 Å². The Morgan fingerprint density at radius 3 is 2.69 bits per heavy atom. The molecular weight excluding hydrogens is 270 g/mol. The van der Waals surface area contributed by atoms with Crippen LogP contribution in [0.3, 0.4) is 0 Å². The van der Waals surface area contributed by atoms with Crippen LogP contribution in [0, 0.1) is 12.8 Å². The fraction of sp³-hybridized carbons (Fsp3) is 0.636. The molecule has 1 aliphatic heterocycles. The standard InChI is InChI=1S/C11H16BrN3O/c1-7-4-10(16)15(5-7)6-9-11(12)8(2)13-14(9)3/h7H,4-6H2,1-3H3. The van der Waals surface area contributed by atoms with E-state index in [1.807, 2.05) is 23.6 Å². The fourth-order valence-corrected chi connectivity index (χ4v) is 2.62. The van der Waals surface area contributed by atoms with Gasteiger partial charge in [0.15, 0.2) is 0 Å². The highest BCUT2D eigenvalue weighted by Gasteiger charge is 2.27. The molecule has 1 aliphatic rings. The first-order valence-electron chi connectivity index (χ1n) is 5.44. The minimum Gasteiger partial charge on any atom is -0.336 e. The van der Waals surface area contributed by atoms with Gasteiger partial charge in [-0.2, -0.15) is 5.10 Å². The molecule has 0 aromatic carbocycles. The number of rotatable bonds is 2. The second-order valence-electron chi connectivity index (χ2n) is 4.55. The van der Waals surface area contributed by atoms with E-state index in [9.17, 15) is 4.79 Å². The van der Waals surface area contributed by atoms with Crippen molar-refractivity contribution in [1.29, 1.82) is 0 Å². The van der Waals surface area contributed by atoms with Crippen molar-refractivity contribution in [3.63, 3.8) is 0 Å². The smallest absolute Gasteiger partial charge is 0.223 e. The molecule has 0 radical (unpaired) electrons. The second kappa shape index (κ2) is 4.20. The normalized spacial score (nSPS) is 20.9. The lowest BCUT2D eigenvalue weighted by Gasteiger charge is -2.16. The molecule has 1 aromatic rings. The molecule has 1 amide bonds. The first kappa shape index (κ1) is 11.6. The number of carbonyl (C=O) groups is 1. The third-order valence-electron chi connectivity index (χ3n) is 3.01. The number of hydrogen-bond donors (Lipinski definition) is 0. The molecular formula is C11H16BrN3O. The summed E-state index contributed by atoms with van der Waals surface area (Å²) in [5.41, 5.74) is 2.04. The van der Waals surface area contributed by atoms with E-state index in [2.05, 4.69) is 28.0 Å². The van der Waals surface area contributed by atoms with E-state index in [4.69, 9.17) is 0 Å². The number of carbonyl (C=O) groups excluding carboxylic acids is 1. The van der Waals surface area contributed by atoms with Crippen LogP contribution in [0.1, 0.15) is 24.7 Å². The topological polar surface area (TPSA) is 38.1 Å². The predicted molar refractivity (Wildman–Crippen MR) is 64.8 cm³/mol. The van der Waals surface area contributed by atoms with E-state index in [-0.39, 0.29) is 5.91 Å². The molecule has 0 bridgehead atoms. The van der Waals surface area contributed by atoms with E-state index in [0.29, 0.717) is 18.9 Å². The van der Waals surface area contributed by atoms with E-state index >= 15 is 0 Å². The van der Waals surface area contributed by atoms with Gasteiger partial charge >= 0.3 is 0 Å². The lowest BCUT2D eigenvalue weighted by atomic mass is 10.2. The van der Waals surface area contributed by atoms with Crippen LogP contribution in [-0.2, 0) is 18.4 Å². The Balaban J connectivity index is 2.18. The lowest BCUT2D eigenvalue weighted by Crippen LogP contribution is -2.25. The molecule has 1 aromatic heterocycles. The fourth-order valence-electron chi connectivity index (χ4n) is 2.16. The maximum Gasteiger partial charge on any atom is 0.223 e. The first-order valence-corrected chi connectivity index (χ1v) is 6.24. The summed E-state index contributed by atoms with van der Waals surface area (Å²) in [5, 5.41) is 4.33. The third-order valence-corrected chi connectivity index (χ3v) is 4.04. The second-order valence-corrected chi connectivity index (χ2v) is 5.35. The molecule has 88 valence electrons. The highest BCUT2D eigenvalue weighted by Crippen LogP contribution is 2.25. The van der Waals surface area contributed by atoms with E-state index in [0.717, 1.165) is 22.4 Å². The molecule has 2 heterocycles. The SMILES string of the molecule is Cc1nn(C)c(CN2CC(C)CC2=O)c1Br. The summed E-state index contributed by atoms with van der Waals surface area (Å²) < 4.78 is 2.86. The number of amides is 1. The molecule has 1 fully saturated rings. The van der Waals surface area contributed by atoms with E-state index < -0.39 is 0 Å². The summed E-state index contributed by atoms with van der Waals surface area (Å²) in [6.07, 6.45) is 0.675. The quantitative estimate of drug-likeness (QED) is 0.832.